The van der Waals surface area contributed by atoms with E-state index in [-0.39, 0.29) is 11.4 Å². The molecule has 0 aliphatic heterocycles. The van der Waals surface area contributed by atoms with Crippen LogP contribution in [0.1, 0.15) is 32.1 Å². The molecule has 0 aromatic rings. The summed E-state index contributed by atoms with van der Waals surface area (Å²) in [4.78, 5) is 10.8. The first-order valence-corrected chi connectivity index (χ1v) is 4.83. The van der Waals surface area contributed by atoms with Crippen LogP contribution in [-0.4, -0.2) is 18.0 Å². The standard InChI is InChI=1S/C9H19N3O/c10-6-7-2-1-3-9(12,4-7)5-8(11)13/h7H,1-6,10,12H2,(H2,11,13). The summed E-state index contributed by atoms with van der Waals surface area (Å²) in [5, 5.41) is 0. The first kappa shape index (κ1) is 10.5. The molecule has 0 saturated heterocycles. The predicted molar refractivity (Wildman–Crippen MR) is 51.7 cm³/mol. The molecular formula is C9H19N3O. The van der Waals surface area contributed by atoms with E-state index >= 15 is 0 Å². The van der Waals surface area contributed by atoms with Gasteiger partial charge in [0.25, 0.3) is 0 Å². The van der Waals surface area contributed by atoms with Crippen molar-refractivity contribution in [1.29, 1.82) is 0 Å². The van der Waals surface area contributed by atoms with Crippen LogP contribution in [0, 0.1) is 5.92 Å². The van der Waals surface area contributed by atoms with Gasteiger partial charge in [-0.2, -0.15) is 0 Å². The van der Waals surface area contributed by atoms with Gasteiger partial charge >= 0.3 is 0 Å². The van der Waals surface area contributed by atoms with E-state index in [1.54, 1.807) is 0 Å². The average molecular weight is 185 g/mol. The van der Waals surface area contributed by atoms with Crippen molar-refractivity contribution in [3.05, 3.63) is 0 Å². The van der Waals surface area contributed by atoms with Crippen LogP contribution in [0.5, 0.6) is 0 Å². The third-order valence-electron chi connectivity index (χ3n) is 2.84. The van der Waals surface area contributed by atoms with Crippen molar-refractivity contribution in [3.8, 4) is 0 Å². The maximum atomic E-state index is 10.8. The van der Waals surface area contributed by atoms with E-state index < -0.39 is 0 Å². The normalized spacial score (nSPS) is 34.5. The second-order valence-corrected chi connectivity index (χ2v) is 4.20. The third kappa shape index (κ3) is 2.97. The Labute approximate surface area is 78.8 Å². The highest BCUT2D eigenvalue weighted by atomic mass is 16.1. The zero-order valence-corrected chi connectivity index (χ0v) is 7.96. The molecule has 2 atom stereocenters. The molecule has 1 fully saturated rings. The molecule has 1 aliphatic rings. The van der Waals surface area contributed by atoms with Gasteiger partial charge < -0.3 is 17.2 Å². The van der Waals surface area contributed by atoms with E-state index in [1.165, 1.54) is 0 Å². The van der Waals surface area contributed by atoms with Crippen molar-refractivity contribution in [2.75, 3.05) is 6.54 Å². The first-order valence-electron chi connectivity index (χ1n) is 4.83. The number of nitrogens with two attached hydrogens (primary N) is 3. The van der Waals surface area contributed by atoms with Gasteiger partial charge in [-0.25, -0.2) is 0 Å². The van der Waals surface area contributed by atoms with Gasteiger partial charge in [0.1, 0.15) is 0 Å². The molecule has 4 nitrogen and oxygen atoms in total. The summed E-state index contributed by atoms with van der Waals surface area (Å²) in [6.07, 6.45) is 4.22. The van der Waals surface area contributed by atoms with Gasteiger partial charge in [0.05, 0.1) is 0 Å². The van der Waals surface area contributed by atoms with Crippen molar-refractivity contribution >= 4 is 5.91 Å². The Balaban J connectivity index is 2.51. The highest BCUT2D eigenvalue weighted by Crippen LogP contribution is 2.32. The lowest BCUT2D eigenvalue weighted by Crippen LogP contribution is -2.48. The molecule has 0 aromatic carbocycles. The van der Waals surface area contributed by atoms with E-state index in [2.05, 4.69) is 0 Å². The van der Waals surface area contributed by atoms with Crippen LogP contribution < -0.4 is 17.2 Å². The summed E-state index contributed by atoms with van der Waals surface area (Å²) in [5.41, 5.74) is 16.4. The molecule has 0 heterocycles. The third-order valence-corrected chi connectivity index (χ3v) is 2.84. The van der Waals surface area contributed by atoms with Gasteiger partial charge in [-0.1, -0.05) is 6.42 Å². The maximum Gasteiger partial charge on any atom is 0.219 e. The molecule has 1 aliphatic carbocycles. The Hall–Kier alpha value is -0.610. The molecule has 0 aromatic heterocycles. The largest absolute Gasteiger partial charge is 0.370 e. The molecule has 0 spiro atoms. The number of primary amides is 1. The quantitative estimate of drug-likeness (QED) is 0.563. The molecule has 0 radical (unpaired) electrons. The summed E-state index contributed by atoms with van der Waals surface area (Å²) in [6.45, 7) is 0.664. The fraction of sp³-hybridized carbons (Fsp3) is 0.889. The van der Waals surface area contributed by atoms with Gasteiger partial charge in [-0.05, 0) is 31.7 Å². The van der Waals surface area contributed by atoms with Crippen LogP contribution in [0.4, 0.5) is 0 Å². The summed E-state index contributed by atoms with van der Waals surface area (Å²) >= 11 is 0. The highest BCUT2D eigenvalue weighted by molar-refractivity contribution is 5.75. The zero-order valence-electron chi connectivity index (χ0n) is 7.96. The van der Waals surface area contributed by atoms with Crippen LogP contribution in [0.3, 0.4) is 0 Å². The van der Waals surface area contributed by atoms with Crippen LogP contribution in [0.25, 0.3) is 0 Å². The Bertz CT molecular complexity index is 195. The molecule has 76 valence electrons. The number of hydrogen-bond donors (Lipinski definition) is 3. The number of carbonyl (C=O) groups excluding carboxylic acids is 1. The number of amides is 1. The summed E-state index contributed by atoms with van der Waals surface area (Å²) < 4.78 is 0. The van der Waals surface area contributed by atoms with Crippen LogP contribution in [0.2, 0.25) is 0 Å². The minimum atomic E-state index is -0.381. The van der Waals surface area contributed by atoms with Crippen LogP contribution in [-0.2, 0) is 4.79 Å². The molecule has 4 heteroatoms. The van der Waals surface area contributed by atoms with Crippen molar-refractivity contribution in [2.24, 2.45) is 23.1 Å². The lowest BCUT2D eigenvalue weighted by Gasteiger charge is -2.36. The minimum absolute atomic E-state index is 0.295. The highest BCUT2D eigenvalue weighted by Gasteiger charge is 2.33. The summed E-state index contributed by atoms with van der Waals surface area (Å²) in [5.74, 6) is 0.165. The smallest absolute Gasteiger partial charge is 0.219 e. The Morgan fingerprint density at radius 2 is 2.23 bits per heavy atom. The maximum absolute atomic E-state index is 10.8. The Morgan fingerprint density at radius 1 is 1.54 bits per heavy atom. The second-order valence-electron chi connectivity index (χ2n) is 4.20. The van der Waals surface area contributed by atoms with E-state index in [0.29, 0.717) is 18.9 Å². The van der Waals surface area contributed by atoms with E-state index in [1.807, 2.05) is 0 Å². The van der Waals surface area contributed by atoms with Crippen molar-refractivity contribution < 1.29 is 4.79 Å². The van der Waals surface area contributed by atoms with Gasteiger partial charge in [0.2, 0.25) is 5.91 Å². The Kier molecular flexibility index (Phi) is 3.27. The molecular weight excluding hydrogens is 166 g/mol. The molecule has 1 amide bonds. The summed E-state index contributed by atoms with van der Waals surface area (Å²) in [6, 6.07) is 0. The van der Waals surface area contributed by atoms with Crippen LogP contribution in [0.15, 0.2) is 0 Å². The molecule has 2 unspecified atom stereocenters. The van der Waals surface area contributed by atoms with Crippen molar-refractivity contribution in [3.63, 3.8) is 0 Å². The second kappa shape index (κ2) is 4.07. The lowest BCUT2D eigenvalue weighted by atomic mass is 9.74. The minimum Gasteiger partial charge on any atom is -0.370 e. The fourth-order valence-electron chi connectivity index (χ4n) is 2.23. The van der Waals surface area contributed by atoms with Gasteiger partial charge in [0, 0.05) is 12.0 Å². The molecule has 6 N–H and O–H groups in total. The zero-order chi connectivity index (χ0) is 9.90. The topological polar surface area (TPSA) is 95.1 Å². The number of hydrogen-bond acceptors (Lipinski definition) is 3. The van der Waals surface area contributed by atoms with Crippen LogP contribution >= 0.6 is 0 Å². The summed E-state index contributed by atoms with van der Waals surface area (Å²) in [7, 11) is 0. The monoisotopic (exact) mass is 185 g/mol. The SMILES string of the molecule is NCC1CCCC(N)(CC(N)=O)C1. The molecule has 13 heavy (non-hydrogen) atoms. The number of rotatable bonds is 3. The van der Waals surface area contributed by atoms with E-state index in [0.717, 1.165) is 25.7 Å². The first-order chi connectivity index (χ1) is 6.06. The molecule has 1 rings (SSSR count). The fourth-order valence-corrected chi connectivity index (χ4v) is 2.23. The van der Waals surface area contributed by atoms with Gasteiger partial charge in [0.15, 0.2) is 0 Å². The van der Waals surface area contributed by atoms with Gasteiger partial charge in [-0.3, -0.25) is 4.79 Å². The van der Waals surface area contributed by atoms with Gasteiger partial charge in [-0.15, -0.1) is 0 Å². The average Bonchev–Trinajstić information content (AvgIpc) is 2.02. The van der Waals surface area contributed by atoms with Crippen molar-refractivity contribution in [2.45, 2.75) is 37.6 Å². The number of carbonyl (C=O) groups is 1. The van der Waals surface area contributed by atoms with E-state index in [9.17, 15) is 4.79 Å². The van der Waals surface area contributed by atoms with E-state index in [4.69, 9.17) is 17.2 Å². The Morgan fingerprint density at radius 3 is 2.77 bits per heavy atom. The molecule has 1 saturated carbocycles. The molecule has 0 bridgehead atoms. The lowest BCUT2D eigenvalue weighted by molar-refractivity contribution is -0.119. The predicted octanol–water partition coefficient (Wildman–Crippen LogP) is -0.292. The van der Waals surface area contributed by atoms with Crippen molar-refractivity contribution in [1.82, 2.24) is 0 Å².